The predicted octanol–water partition coefficient (Wildman–Crippen LogP) is 3.74. The fourth-order valence-corrected chi connectivity index (χ4v) is 3.50. The second-order valence-electron chi connectivity index (χ2n) is 6.83. The minimum Gasteiger partial charge on any atom is -0.339 e. The van der Waals surface area contributed by atoms with Gasteiger partial charge >= 0.3 is 0 Å². The normalized spacial score (nSPS) is 22.9. The number of likely N-dealkylation sites (N-methyl/N-ethyl adjacent to an activating group) is 1. The van der Waals surface area contributed by atoms with Gasteiger partial charge in [-0.25, -0.2) is 0 Å². The first-order chi connectivity index (χ1) is 11.2. The minimum absolute atomic E-state index is 0.377. The van der Waals surface area contributed by atoms with Gasteiger partial charge in [-0.05, 0) is 57.1 Å². The van der Waals surface area contributed by atoms with E-state index in [0.717, 1.165) is 30.5 Å². The highest BCUT2D eigenvalue weighted by molar-refractivity contribution is 5.19. The third-order valence-electron chi connectivity index (χ3n) is 5.07. The molecule has 4 nitrogen and oxygen atoms in total. The zero-order valence-corrected chi connectivity index (χ0v) is 14.2. The summed E-state index contributed by atoms with van der Waals surface area (Å²) in [7, 11) is 1.96. The zero-order chi connectivity index (χ0) is 16.1. The highest BCUT2D eigenvalue weighted by Gasteiger charge is 2.24. The molecule has 0 amide bonds. The number of benzene rings is 1. The van der Waals surface area contributed by atoms with E-state index in [4.69, 9.17) is 4.52 Å². The highest BCUT2D eigenvalue weighted by atomic mass is 16.5. The van der Waals surface area contributed by atoms with Crippen LogP contribution < -0.4 is 5.32 Å². The third-order valence-corrected chi connectivity index (χ3v) is 5.07. The summed E-state index contributed by atoms with van der Waals surface area (Å²) in [6.45, 7) is 2.13. The maximum absolute atomic E-state index is 5.44. The molecule has 1 heterocycles. The van der Waals surface area contributed by atoms with E-state index < -0.39 is 0 Å². The van der Waals surface area contributed by atoms with Crippen LogP contribution in [0.2, 0.25) is 0 Å². The van der Waals surface area contributed by atoms with E-state index >= 15 is 0 Å². The van der Waals surface area contributed by atoms with Crippen molar-refractivity contribution in [2.75, 3.05) is 7.05 Å². The topological polar surface area (TPSA) is 51.0 Å². The molecule has 2 aromatic rings. The molecule has 0 bridgehead atoms. The number of hydrogen-bond donors (Lipinski definition) is 1. The van der Waals surface area contributed by atoms with Crippen molar-refractivity contribution < 1.29 is 4.52 Å². The molecule has 0 saturated heterocycles. The van der Waals surface area contributed by atoms with Gasteiger partial charge in [0.25, 0.3) is 0 Å². The summed E-state index contributed by atoms with van der Waals surface area (Å²) in [5.41, 5.74) is 1.49. The summed E-state index contributed by atoms with van der Waals surface area (Å²) in [5, 5.41) is 7.31. The molecule has 23 heavy (non-hydrogen) atoms. The first-order valence-corrected chi connectivity index (χ1v) is 8.78. The molecule has 1 N–H and O–H groups in total. The maximum atomic E-state index is 5.44. The molecule has 124 valence electrons. The van der Waals surface area contributed by atoms with E-state index in [0.29, 0.717) is 12.0 Å². The van der Waals surface area contributed by atoms with Gasteiger partial charge < -0.3 is 9.84 Å². The van der Waals surface area contributed by atoms with E-state index in [1.165, 1.54) is 31.2 Å². The van der Waals surface area contributed by atoms with Crippen LogP contribution in [0.4, 0.5) is 0 Å². The summed E-state index contributed by atoms with van der Waals surface area (Å²) in [5.74, 6) is 3.04. The lowest BCUT2D eigenvalue weighted by atomic mass is 9.77. The van der Waals surface area contributed by atoms with Crippen molar-refractivity contribution in [2.45, 2.75) is 57.4 Å². The van der Waals surface area contributed by atoms with E-state index in [9.17, 15) is 0 Å². The first kappa shape index (κ1) is 16.2. The second kappa shape index (κ2) is 7.73. The lowest BCUT2D eigenvalue weighted by Crippen LogP contribution is -2.24. The fourth-order valence-electron chi connectivity index (χ4n) is 3.50. The van der Waals surface area contributed by atoms with Crippen molar-refractivity contribution in [1.29, 1.82) is 0 Å². The summed E-state index contributed by atoms with van der Waals surface area (Å²) < 4.78 is 5.44. The van der Waals surface area contributed by atoms with E-state index in [2.05, 4.69) is 52.7 Å². The van der Waals surface area contributed by atoms with E-state index in [1.54, 1.807) is 0 Å². The number of rotatable bonds is 6. The van der Waals surface area contributed by atoms with E-state index in [-0.39, 0.29) is 0 Å². The quantitative estimate of drug-likeness (QED) is 0.882. The van der Waals surface area contributed by atoms with E-state index in [1.807, 2.05) is 7.05 Å². The molecule has 3 rings (SSSR count). The standard InChI is InChI=1S/C19H27N3O/c1-14(20-2)12-18-21-19(23-22-18)13-15-8-10-17(11-9-15)16-6-4-3-5-7-16/h3-7,14-15,17,20H,8-13H2,1-2H3. The average molecular weight is 313 g/mol. The van der Waals surface area contributed by atoms with Gasteiger partial charge in [-0.3, -0.25) is 0 Å². The molecular formula is C19H27N3O. The minimum atomic E-state index is 0.377. The Labute approximate surface area is 138 Å². The monoisotopic (exact) mass is 313 g/mol. The molecule has 1 aromatic carbocycles. The van der Waals surface area contributed by atoms with Crippen LogP contribution in [0, 0.1) is 5.92 Å². The molecule has 1 aliphatic carbocycles. The molecule has 4 heteroatoms. The van der Waals surface area contributed by atoms with Crippen LogP contribution in [0.1, 0.15) is 55.8 Å². The number of nitrogens with one attached hydrogen (secondary N) is 1. The van der Waals surface area contributed by atoms with Crippen molar-refractivity contribution in [1.82, 2.24) is 15.5 Å². The van der Waals surface area contributed by atoms with Gasteiger partial charge in [0.2, 0.25) is 5.89 Å². The number of aromatic nitrogens is 2. The predicted molar refractivity (Wildman–Crippen MR) is 91.4 cm³/mol. The van der Waals surface area contributed by atoms with Gasteiger partial charge in [0.1, 0.15) is 0 Å². The Morgan fingerprint density at radius 1 is 1.17 bits per heavy atom. The molecular weight excluding hydrogens is 286 g/mol. The van der Waals surface area contributed by atoms with Crippen molar-refractivity contribution in [3.63, 3.8) is 0 Å². The van der Waals surface area contributed by atoms with Crippen LogP contribution in [-0.4, -0.2) is 23.2 Å². The summed E-state index contributed by atoms with van der Waals surface area (Å²) in [6, 6.07) is 11.3. The van der Waals surface area contributed by atoms with Crippen LogP contribution >= 0.6 is 0 Å². The highest BCUT2D eigenvalue weighted by Crippen LogP contribution is 2.36. The van der Waals surface area contributed by atoms with Crippen molar-refractivity contribution in [2.24, 2.45) is 5.92 Å². The molecule has 1 unspecified atom stereocenters. The molecule has 0 radical (unpaired) electrons. The Morgan fingerprint density at radius 3 is 2.61 bits per heavy atom. The Kier molecular flexibility index (Phi) is 5.44. The Bertz CT molecular complexity index is 588. The summed E-state index contributed by atoms with van der Waals surface area (Å²) in [6.07, 6.45) is 6.80. The Morgan fingerprint density at radius 2 is 1.91 bits per heavy atom. The van der Waals surface area contributed by atoms with Crippen LogP contribution in [0.3, 0.4) is 0 Å². The molecule has 1 aliphatic rings. The molecule has 1 atom stereocenters. The third kappa shape index (κ3) is 4.41. The van der Waals surface area contributed by atoms with Gasteiger partial charge in [-0.1, -0.05) is 35.5 Å². The van der Waals surface area contributed by atoms with Crippen LogP contribution in [0.15, 0.2) is 34.9 Å². The fraction of sp³-hybridized carbons (Fsp3) is 0.579. The SMILES string of the molecule is CNC(C)Cc1noc(CC2CCC(c3ccccc3)CC2)n1. The van der Waals surface area contributed by atoms with Crippen molar-refractivity contribution >= 4 is 0 Å². The van der Waals surface area contributed by atoms with Crippen LogP contribution in [0.5, 0.6) is 0 Å². The molecule has 1 aromatic heterocycles. The lowest BCUT2D eigenvalue weighted by molar-refractivity contribution is 0.287. The first-order valence-electron chi connectivity index (χ1n) is 8.78. The van der Waals surface area contributed by atoms with Gasteiger partial charge in [0.15, 0.2) is 5.82 Å². The second-order valence-corrected chi connectivity index (χ2v) is 6.83. The van der Waals surface area contributed by atoms with Crippen molar-refractivity contribution in [3.05, 3.63) is 47.6 Å². The Hall–Kier alpha value is -1.68. The smallest absolute Gasteiger partial charge is 0.226 e. The summed E-state index contributed by atoms with van der Waals surface area (Å²) in [4.78, 5) is 4.55. The number of hydrogen-bond acceptors (Lipinski definition) is 4. The van der Waals surface area contributed by atoms with Gasteiger partial charge in [0, 0.05) is 18.9 Å². The zero-order valence-electron chi connectivity index (χ0n) is 14.2. The summed E-state index contributed by atoms with van der Waals surface area (Å²) >= 11 is 0. The van der Waals surface area contributed by atoms with Crippen LogP contribution in [0.25, 0.3) is 0 Å². The molecule has 1 fully saturated rings. The van der Waals surface area contributed by atoms with Crippen molar-refractivity contribution in [3.8, 4) is 0 Å². The van der Waals surface area contributed by atoms with Gasteiger partial charge in [-0.2, -0.15) is 4.98 Å². The molecule has 0 spiro atoms. The number of nitrogens with zero attached hydrogens (tertiary/aromatic N) is 2. The van der Waals surface area contributed by atoms with Gasteiger partial charge in [0.05, 0.1) is 0 Å². The molecule has 0 aliphatic heterocycles. The van der Waals surface area contributed by atoms with Gasteiger partial charge in [-0.15, -0.1) is 0 Å². The Balaban J connectivity index is 1.49. The average Bonchev–Trinajstić information content (AvgIpc) is 3.03. The molecule has 1 saturated carbocycles. The lowest BCUT2D eigenvalue weighted by Gasteiger charge is -2.28. The largest absolute Gasteiger partial charge is 0.339 e. The maximum Gasteiger partial charge on any atom is 0.226 e. The van der Waals surface area contributed by atoms with Crippen LogP contribution in [-0.2, 0) is 12.8 Å².